The van der Waals surface area contributed by atoms with Crippen molar-refractivity contribution >= 4 is 11.4 Å². The highest BCUT2D eigenvalue weighted by molar-refractivity contribution is 5.86. The first kappa shape index (κ1) is 22.6. The zero-order chi connectivity index (χ0) is 24.9. The second kappa shape index (κ2) is 10.4. The van der Waals surface area contributed by atoms with Crippen LogP contribution in [0.3, 0.4) is 0 Å². The molecule has 0 aliphatic rings. The molecule has 0 amide bonds. The number of rotatable bonds is 6. The molecule has 0 aliphatic carbocycles. The average Bonchev–Trinajstić information content (AvgIpc) is 2.99. The summed E-state index contributed by atoms with van der Waals surface area (Å²) in [5, 5.41) is 3.53. The summed E-state index contributed by atoms with van der Waals surface area (Å²) in [5.41, 5.74) is 11.9. The van der Waals surface area contributed by atoms with Gasteiger partial charge in [0.2, 0.25) is 0 Å². The van der Waals surface area contributed by atoms with Gasteiger partial charge >= 0.3 is 0 Å². The lowest BCUT2D eigenvalue weighted by atomic mass is 9.92. The summed E-state index contributed by atoms with van der Waals surface area (Å²) in [6, 6.07) is 55.7. The van der Waals surface area contributed by atoms with Crippen molar-refractivity contribution in [1.82, 2.24) is 0 Å². The highest BCUT2D eigenvalue weighted by Crippen LogP contribution is 2.35. The van der Waals surface area contributed by atoms with Crippen molar-refractivity contribution in [3.63, 3.8) is 0 Å². The standard InChI is InChI=1S/C36H27N/c1-3-10-27(11-4-1)29-18-22-33(23-19-29)37-34-24-20-30(21-25-34)35-16-7-8-17-36(35)32-15-9-14-31(26-32)28-12-5-2-6-13-28/h1-26,37H. The van der Waals surface area contributed by atoms with Crippen molar-refractivity contribution in [3.8, 4) is 44.5 Å². The molecule has 0 heterocycles. The van der Waals surface area contributed by atoms with Crippen LogP contribution in [0.15, 0.2) is 158 Å². The molecular weight excluding hydrogens is 446 g/mol. The molecule has 37 heavy (non-hydrogen) atoms. The fourth-order valence-corrected chi connectivity index (χ4v) is 4.76. The fourth-order valence-electron chi connectivity index (χ4n) is 4.76. The zero-order valence-corrected chi connectivity index (χ0v) is 20.5. The molecule has 6 aromatic carbocycles. The number of nitrogens with one attached hydrogen (secondary N) is 1. The van der Waals surface area contributed by atoms with E-state index in [0.717, 1.165) is 11.4 Å². The predicted molar refractivity (Wildman–Crippen MR) is 158 cm³/mol. The topological polar surface area (TPSA) is 12.0 Å². The first-order valence-corrected chi connectivity index (χ1v) is 12.6. The second-order valence-electron chi connectivity index (χ2n) is 9.14. The van der Waals surface area contributed by atoms with E-state index in [1.54, 1.807) is 0 Å². The van der Waals surface area contributed by atoms with Crippen molar-refractivity contribution in [3.05, 3.63) is 158 Å². The van der Waals surface area contributed by atoms with Crippen LogP contribution in [0.25, 0.3) is 44.5 Å². The van der Waals surface area contributed by atoms with Gasteiger partial charge in [-0.15, -0.1) is 0 Å². The molecule has 0 aliphatic heterocycles. The maximum absolute atomic E-state index is 3.53. The fraction of sp³-hybridized carbons (Fsp3) is 0. The molecule has 0 saturated heterocycles. The van der Waals surface area contributed by atoms with Crippen LogP contribution in [0, 0.1) is 0 Å². The van der Waals surface area contributed by atoms with Gasteiger partial charge < -0.3 is 5.32 Å². The summed E-state index contributed by atoms with van der Waals surface area (Å²) in [6.45, 7) is 0. The number of benzene rings is 6. The molecule has 1 heteroatoms. The highest BCUT2D eigenvalue weighted by Gasteiger charge is 2.09. The highest BCUT2D eigenvalue weighted by atomic mass is 14.9. The van der Waals surface area contributed by atoms with Crippen LogP contribution in [0.2, 0.25) is 0 Å². The average molecular weight is 474 g/mol. The third-order valence-electron chi connectivity index (χ3n) is 6.68. The molecular formula is C36H27N. The summed E-state index contributed by atoms with van der Waals surface area (Å²) in [7, 11) is 0. The summed E-state index contributed by atoms with van der Waals surface area (Å²) in [5.74, 6) is 0. The Kier molecular flexibility index (Phi) is 6.34. The Morgan fingerprint density at radius 2 is 0.676 bits per heavy atom. The number of hydrogen-bond donors (Lipinski definition) is 1. The SMILES string of the molecule is c1ccc(-c2ccc(Nc3ccc(-c4ccccc4-c4cccc(-c5ccccc5)c4)cc3)cc2)cc1. The monoisotopic (exact) mass is 473 g/mol. The summed E-state index contributed by atoms with van der Waals surface area (Å²) >= 11 is 0. The minimum absolute atomic E-state index is 1.07. The zero-order valence-electron chi connectivity index (χ0n) is 20.5. The van der Waals surface area contributed by atoms with Gasteiger partial charge in [0, 0.05) is 11.4 Å². The first-order valence-electron chi connectivity index (χ1n) is 12.6. The molecule has 0 spiro atoms. The summed E-state index contributed by atoms with van der Waals surface area (Å²) < 4.78 is 0. The van der Waals surface area contributed by atoms with Gasteiger partial charge in [-0.25, -0.2) is 0 Å². The Morgan fingerprint density at radius 3 is 1.27 bits per heavy atom. The van der Waals surface area contributed by atoms with Gasteiger partial charge in [-0.05, 0) is 74.8 Å². The van der Waals surface area contributed by atoms with Gasteiger partial charge in [0.25, 0.3) is 0 Å². The smallest absolute Gasteiger partial charge is 0.0384 e. The molecule has 0 atom stereocenters. The van der Waals surface area contributed by atoms with Crippen molar-refractivity contribution < 1.29 is 0 Å². The van der Waals surface area contributed by atoms with Crippen LogP contribution in [0.4, 0.5) is 11.4 Å². The van der Waals surface area contributed by atoms with E-state index >= 15 is 0 Å². The lowest BCUT2D eigenvalue weighted by molar-refractivity contribution is 1.53. The molecule has 0 aromatic heterocycles. The van der Waals surface area contributed by atoms with E-state index < -0.39 is 0 Å². The van der Waals surface area contributed by atoms with E-state index in [-0.39, 0.29) is 0 Å². The molecule has 6 rings (SSSR count). The van der Waals surface area contributed by atoms with E-state index in [1.807, 2.05) is 6.07 Å². The molecule has 176 valence electrons. The van der Waals surface area contributed by atoms with Crippen LogP contribution >= 0.6 is 0 Å². The first-order chi connectivity index (χ1) is 18.3. The third-order valence-corrected chi connectivity index (χ3v) is 6.68. The lowest BCUT2D eigenvalue weighted by Gasteiger charge is -2.13. The Bertz CT molecular complexity index is 1600. The van der Waals surface area contributed by atoms with Crippen LogP contribution in [-0.2, 0) is 0 Å². The Morgan fingerprint density at radius 1 is 0.270 bits per heavy atom. The maximum atomic E-state index is 3.53. The summed E-state index contributed by atoms with van der Waals surface area (Å²) in [6.07, 6.45) is 0. The van der Waals surface area contributed by atoms with Crippen molar-refractivity contribution in [2.75, 3.05) is 5.32 Å². The third kappa shape index (κ3) is 5.07. The normalized spacial score (nSPS) is 10.7. The largest absolute Gasteiger partial charge is 0.356 e. The van der Waals surface area contributed by atoms with Crippen LogP contribution in [0.1, 0.15) is 0 Å². The van der Waals surface area contributed by atoms with E-state index in [4.69, 9.17) is 0 Å². The predicted octanol–water partition coefficient (Wildman–Crippen LogP) is 10.1. The minimum atomic E-state index is 1.07. The minimum Gasteiger partial charge on any atom is -0.356 e. The molecule has 0 radical (unpaired) electrons. The number of anilines is 2. The molecule has 0 bridgehead atoms. The van der Waals surface area contributed by atoms with Crippen molar-refractivity contribution in [2.45, 2.75) is 0 Å². The van der Waals surface area contributed by atoms with Gasteiger partial charge in [0.05, 0.1) is 0 Å². The maximum Gasteiger partial charge on any atom is 0.0384 e. The van der Waals surface area contributed by atoms with Crippen LogP contribution < -0.4 is 5.32 Å². The van der Waals surface area contributed by atoms with Crippen molar-refractivity contribution in [2.24, 2.45) is 0 Å². The lowest BCUT2D eigenvalue weighted by Crippen LogP contribution is -1.91. The summed E-state index contributed by atoms with van der Waals surface area (Å²) in [4.78, 5) is 0. The molecule has 1 nitrogen and oxygen atoms in total. The van der Waals surface area contributed by atoms with Gasteiger partial charge in [-0.3, -0.25) is 0 Å². The Labute approximate surface area is 218 Å². The molecule has 1 N–H and O–H groups in total. The molecule has 0 unspecified atom stereocenters. The number of hydrogen-bond acceptors (Lipinski definition) is 1. The van der Waals surface area contributed by atoms with Crippen LogP contribution in [-0.4, -0.2) is 0 Å². The van der Waals surface area contributed by atoms with E-state index in [2.05, 4.69) is 157 Å². The quantitative estimate of drug-likeness (QED) is 0.254. The van der Waals surface area contributed by atoms with Gasteiger partial charge in [-0.2, -0.15) is 0 Å². The van der Waals surface area contributed by atoms with E-state index in [0.29, 0.717) is 0 Å². The molecule has 6 aromatic rings. The Hall–Kier alpha value is -4.88. The van der Waals surface area contributed by atoms with Gasteiger partial charge in [0.15, 0.2) is 0 Å². The second-order valence-corrected chi connectivity index (χ2v) is 9.14. The van der Waals surface area contributed by atoms with Gasteiger partial charge in [0.1, 0.15) is 0 Å². The van der Waals surface area contributed by atoms with Gasteiger partial charge in [-0.1, -0.05) is 127 Å². The van der Waals surface area contributed by atoms with E-state index in [9.17, 15) is 0 Å². The van der Waals surface area contributed by atoms with E-state index in [1.165, 1.54) is 44.5 Å². The van der Waals surface area contributed by atoms with Crippen molar-refractivity contribution in [1.29, 1.82) is 0 Å². The van der Waals surface area contributed by atoms with Crippen LogP contribution in [0.5, 0.6) is 0 Å². The molecule has 0 fully saturated rings. The molecule has 0 saturated carbocycles. The Balaban J connectivity index is 1.24.